The van der Waals surface area contributed by atoms with Crippen molar-refractivity contribution in [2.75, 3.05) is 13.2 Å². The van der Waals surface area contributed by atoms with Crippen LogP contribution in [0.2, 0.25) is 0 Å². The summed E-state index contributed by atoms with van der Waals surface area (Å²) in [6, 6.07) is 7.39. The highest BCUT2D eigenvalue weighted by molar-refractivity contribution is 6.13. The average Bonchev–Trinajstić information content (AvgIpc) is 3.04. The van der Waals surface area contributed by atoms with Gasteiger partial charge in [0.25, 0.3) is 5.91 Å². The summed E-state index contributed by atoms with van der Waals surface area (Å²) in [5, 5.41) is 2.74. The second-order valence-corrected chi connectivity index (χ2v) is 8.62. The first kappa shape index (κ1) is 25.0. The molecule has 1 saturated heterocycles. The van der Waals surface area contributed by atoms with Gasteiger partial charge in [0.15, 0.2) is 0 Å². The Morgan fingerprint density at radius 1 is 0.935 bits per heavy atom. The van der Waals surface area contributed by atoms with E-state index >= 15 is 0 Å². The first-order chi connectivity index (χ1) is 15.0. The van der Waals surface area contributed by atoms with E-state index in [1.807, 2.05) is 24.3 Å². The van der Waals surface area contributed by atoms with Crippen LogP contribution >= 0.6 is 0 Å². The lowest BCUT2D eigenvalue weighted by Crippen LogP contribution is -2.35. The molecule has 3 amide bonds. The summed E-state index contributed by atoms with van der Waals surface area (Å²) in [6.45, 7) is 9.92. The van der Waals surface area contributed by atoms with E-state index in [1.54, 1.807) is 6.08 Å². The van der Waals surface area contributed by atoms with Gasteiger partial charge in [-0.2, -0.15) is 0 Å². The number of unbranched alkanes of at least 4 members (excludes halogenated alkanes) is 2. The molecule has 1 aromatic rings. The van der Waals surface area contributed by atoms with E-state index in [1.165, 1.54) is 24.2 Å². The van der Waals surface area contributed by atoms with Crippen LogP contribution in [0.3, 0.4) is 0 Å². The van der Waals surface area contributed by atoms with Gasteiger partial charge < -0.3 is 10.1 Å². The topological polar surface area (TPSA) is 58.6 Å². The number of carbonyl (C=O) groups excluding carboxylic acids is 2. The van der Waals surface area contributed by atoms with Crippen molar-refractivity contribution < 1.29 is 14.3 Å². The van der Waals surface area contributed by atoms with Crippen molar-refractivity contribution in [2.45, 2.75) is 79.1 Å². The number of rotatable bonds is 14. The molecule has 1 aliphatic heterocycles. The lowest BCUT2D eigenvalue weighted by Gasteiger charge is -2.20. The number of hydrogen-bond acceptors (Lipinski definition) is 3. The first-order valence-electron chi connectivity index (χ1n) is 12.1. The van der Waals surface area contributed by atoms with Crippen molar-refractivity contribution in [3.8, 4) is 5.75 Å². The Balaban J connectivity index is 1.95. The molecular formula is C26H40N2O3. The fourth-order valence-corrected chi connectivity index (χ4v) is 3.85. The van der Waals surface area contributed by atoms with Gasteiger partial charge in [0.05, 0.1) is 6.61 Å². The Morgan fingerprint density at radius 2 is 1.55 bits per heavy atom. The largest absolute Gasteiger partial charge is 0.493 e. The van der Waals surface area contributed by atoms with Crippen LogP contribution in [0.1, 0.15) is 84.6 Å². The second-order valence-electron chi connectivity index (χ2n) is 8.62. The normalized spacial score (nSPS) is 17.2. The molecule has 0 aromatic heterocycles. The summed E-state index contributed by atoms with van der Waals surface area (Å²) in [7, 11) is 0. The van der Waals surface area contributed by atoms with Crippen LogP contribution in [0, 0.1) is 11.8 Å². The van der Waals surface area contributed by atoms with Crippen LogP contribution in [-0.2, 0) is 4.79 Å². The summed E-state index contributed by atoms with van der Waals surface area (Å²) < 4.78 is 5.96. The number of carbonyl (C=O) groups is 2. The van der Waals surface area contributed by atoms with E-state index in [0.29, 0.717) is 24.1 Å². The molecule has 0 saturated carbocycles. The van der Waals surface area contributed by atoms with Gasteiger partial charge in [0.1, 0.15) is 11.4 Å². The highest BCUT2D eigenvalue weighted by Crippen LogP contribution is 2.22. The van der Waals surface area contributed by atoms with Crippen LogP contribution < -0.4 is 10.1 Å². The zero-order valence-corrected chi connectivity index (χ0v) is 19.8. The lowest BCUT2D eigenvalue weighted by atomic mass is 9.99. The number of hydrogen-bond donors (Lipinski definition) is 1. The Kier molecular flexibility index (Phi) is 10.6. The van der Waals surface area contributed by atoms with Crippen LogP contribution in [0.25, 0.3) is 6.08 Å². The SMILES string of the molecule is CCCCC(CC)COc1ccc(/C=C2/NC(=O)N(CC(CC)CCCC)C2=O)cc1. The molecule has 0 spiro atoms. The van der Waals surface area contributed by atoms with Crippen LogP contribution in [0.5, 0.6) is 5.75 Å². The molecule has 2 unspecified atom stereocenters. The first-order valence-corrected chi connectivity index (χ1v) is 12.1. The van der Waals surface area contributed by atoms with E-state index in [4.69, 9.17) is 4.74 Å². The summed E-state index contributed by atoms with van der Waals surface area (Å²) in [5.41, 5.74) is 1.21. The maximum atomic E-state index is 12.8. The van der Waals surface area contributed by atoms with Gasteiger partial charge in [0.2, 0.25) is 0 Å². The zero-order valence-electron chi connectivity index (χ0n) is 19.8. The van der Waals surface area contributed by atoms with Gasteiger partial charge in [-0.15, -0.1) is 0 Å². The van der Waals surface area contributed by atoms with Gasteiger partial charge in [-0.3, -0.25) is 9.69 Å². The molecule has 1 fully saturated rings. The van der Waals surface area contributed by atoms with Crippen molar-refractivity contribution >= 4 is 18.0 Å². The predicted octanol–water partition coefficient (Wildman–Crippen LogP) is 6.39. The number of nitrogens with zero attached hydrogens (tertiary/aromatic N) is 1. The third-order valence-electron chi connectivity index (χ3n) is 6.17. The molecule has 5 nitrogen and oxygen atoms in total. The summed E-state index contributed by atoms with van der Waals surface area (Å²) in [6.07, 6.45) is 10.8. The van der Waals surface area contributed by atoms with Crippen molar-refractivity contribution in [1.29, 1.82) is 0 Å². The molecule has 0 aliphatic carbocycles. The quantitative estimate of drug-likeness (QED) is 0.276. The van der Waals surface area contributed by atoms with E-state index in [0.717, 1.165) is 50.0 Å². The molecule has 172 valence electrons. The Hall–Kier alpha value is -2.30. The molecule has 31 heavy (non-hydrogen) atoms. The summed E-state index contributed by atoms with van der Waals surface area (Å²) >= 11 is 0. The minimum absolute atomic E-state index is 0.234. The molecule has 1 aliphatic rings. The highest BCUT2D eigenvalue weighted by Gasteiger charge is 2.34. The molecular weight excluding hydrogens is 388 g/mol. The third-order valence-corrected chi connectivity index (χ3v) is 6.17. The fourth-order valence-electron chi connectivity index (χ4n) is 3.85. The Morgan fingerprint density at radius 3 is 2.13 bits per heavy atom. The predicted molar refractivity (Wildman–Crippen MR) is 127 cm³/mol. The number of urea groups is 1. The molecule has 2 atom stereocenters. The number of amides is 3. The number of ether oxygens (including phenoxy) is 1. The molecule has 1 aromatic carbocycles. The standard InChI is InChI=1S/C26H40N2O3/c1-5-9-11-20(7-3)18-28-25(29)24(27-26(28)30)17-22-13-15-23(16-14-22)31-19-21(8-4)12-10-6-2/h13-17,20-21H,5-12,18-19H2,1-4H3,(H,27,30)/b24-17+. The number of benzene rings is 1. The number of imide groups is 1. The highest BCUT2D eigenvalue weighted by atomic mass is 16.5. The molecule has 0 bridgehead atoms. The van der Waals surface area contributed by atoms with E-state index in [-0.39, 0.29) is 11.9 Å². The number of nitrogens with one attached hydrogen (secondary N) is 1. The monoisotopic (exact) mass is 428 g/mol. The lowest BCUT2D eigenvalue weighted by molar-refractivity contribution is -0.123. The van der Waals surface area contributed by atoms with Gasteiger partial charge >= 0.3 is 6.03 Å². The fraction of sp³-hybridized carbons (Fsp3) is 0.615. The third kappa shape index (κ3) is 7.71. The molecule has 1 heterocycles. The van der Waals surface area contributed by atoms with Gasteiger partial charge in [-0.05, 0) is 48.4 Å². The summed E-state index contributed by atoms with van der Waals surface area (Å²) in [5.74, 6) is 1.54. The molecule has 5 heteroatoms. The maximum absolute atomic E-state index is 12.8. The molecule has 2 rings (SSSR count). The average molecular weight is 429 g/mol. The Bertz CT molecular complexity index is 727. The van der Waals surface area contributed by atoms with Crippen LogP contribution in [0.15, 0.2) is 30.0 Å². The van der Waals surface area contributed by atoms with Gasteiger partial charge in [0, 0.05) is 6.54 Å². The van der Waals surface area contributed by atoms with Crippen molar-refractivity contribution in [3.63, 3.8) is 0 Å². The van der Waals surface area contributed by atoms with E-state index in [9.17, 15) is 9.59 Å². The molecule has 1 N–H and O–H groups in total. The van der Waals surface area contributed by atoms with Crippen molar-refractivity contribution in [2.24, 2.45) is 11.8 Å². The van der Waals surface area contributed by atoms with Gasteiger partial charge in [-0.25, -0.2) is 4.79 Å². The van der Waals surface area contributed by atoms with Crippen LogP contribution in [-0.4, -0.2) is 30.0 Å². The second kappa shape index (κ2) is 13.2. The Labute approximate surface area is 188 Å². The maximum Gasteiger partial charge on any atom is 0.329 e. The van der Waals surface area contributed by atoms with Gasteiger partial charge in [-0.1, -0.05) is 78.4 Å². The molecule has 0 radical (unpaired) electrons. The van der Waals surface area contributed by atoms with Crippen LogP contribution in [0.4, 0.5) is 4.79 Å². The van der Waals surface area contributed by atoms with Crippen molar-refractivity contribution in [3.05, 3.63) is 35.5 Å². The van der Waals surface area contributed by atoms with Crippen molar-refractivity contribution in [1.82, 2.24) is 10.2 Å². The smallest absolute Gasteiger partial charge is 0.329 e. The van der Waals surface area contributed by atoms with E-state index in [2.05, 4.69) is 33.0 Å². The summed E-state index contributed by atoms with van der Waals surface area (Å²) in [4.78, 5) is 26.5. The zero-order chi connectivity index (χ0) is 22.6. The van der Waals surface area contributed by atoms with E-state index < -0.39 is 0 Å². The minimum Gasteiger partial charge on any atom is -0.493 e. The minimum atomic E-state index is -0.316.